The van der Waals surface area contributed by atoms with E-state index in [1.165, 1.54) is 0 Å². The number of hydrogen-bond acceptors (Lipinski definition) is 5. The third-order valence-electron chi connectivity index (χ3n) is 5.22. The lowest BCUT2D eigenvalue weighted by Crippen LogP contribution is -2.31. The molecule has 1 amide bonds. The molecule has 0 saturated heterocycles. The molecule has 0 aliphatic heterocycles. The zero-order valence-corrected chi connectivity index (χ0v) is 18.7. The van der Waals surface area contributed by atoms with Crippen LogP contribution < -0.4 is 10.1 Å². The van der Waals surface area contributed by atoms with Crippen LogP contribution in [0.1, 0.15) is 41.7 Å². The van der Waals surface area contributed by atoms with Crippen molar-refractivity contribution in [3.05, 3.63) is 90.0 Å². The summed E-state index contributed by atoms with van der Waals surface area (Å²) in [4.78, 5) is 36.5. The largest absolute Gasteiger partial charge is 0.496 e. The average molecular weight is 446 g/mol. The Morgan fingerprint density at radius 1 is 0.818 bits per heavy atom. The van der Waals surface area contributed by atoms with Crippen LogP contribution >= 0.6 is 0 Å². The van der Waals surface area contributed by atoms with Crippen LogP contribution in [0.4, 0.5) is 0 Å². The summed E-state index contributed by atoms with van der Waals surface area (Å²) in [7, 11) is 1.56. The van der Waals surface area contributed by atoms with Gasteiger partial charge in [0.2, 0.25) is 0 Å². The highest BCUT2D eigenvalue weighted by molar-refractivity contribution is 5.98. The molecular formula is C27H27NO5. The normalized spacial score (nSPS) is 11.3. The first kappa shape index (κ1) is 23.7. The van der Waals surface area contributed by atoms with Crippen molar-refractivity contribution in [3.63, 3.8) is 0 Å². The molecular weight excluding hydrogens is 418 g/mol. The molecule has 3 rings (SSSR count). The Balaban J connectivity index is 1.42. The van der Waals surface area contributed by atoms with Gasteiger partial charge in [0.15, 0.2) is 12.4 Å². The van der Waals surface area contributed by atoms with E-state index in [0.29, 0.717) is 11.3 Å². The first-order chi connectivity index (χ1) is 16.0. The molecule has 33 heavy (non-hydrogen) atoms. The Morgan fingerprint density at radius 3 is 2.15 bits per heavy atom. The maximum atomic E-state index is 12.4. The SMILES string of the molecule is COc1ccccc1C(C)NC(=O)COC(=O)CCC(=O)c1ccc(-c2ccccc2)cc1. The second-order valence-corrected chi connectivity index (χ2v) is 7.56. The fourth-order valence-corrected chi connectivity index (χ4v) is 3.44. The molecule has 1 atom stereocenters. The molecule has 0 fully saturated rings. The molecule has 0 aliphatic carbocycles. The minimum Gasteiger partial charge on any atom is -0.496 e. The van der Waals surface area contributed by atoms with Crippen molar-refractivity contribution >= 4 is 17.7 Å². The van der Waals surface area contributed by atoms with Crippen molar-refractivity contribution in [2.75, 3.05) is 13.7 Å². The van der Waals surface area contributed by atoms with Crippen LogP contribution in [0.2, 0.25) is 0 Å². The highest BCUT2D eigenvalue weighted by Gasteiger charge is 2.16. The highest BCUT2D eigenvalue weighted by atomic mass is 16.5. The molecule has 0 bridgehead atoms. The van der Waals surface area contributed by atoms with E-state index in [2.05, 4.69) is 5.32 Å². The number of para-hydroxylation sites is 1. The Hall–Kier alpha value is -3.93. The molecule has 3 aromatic carbocycles. The van der Waals surface area contributed by atoms with Gasteiger partial charge in [-0.1, -0.05) is 72.8 Å². The predicted molar refractivity (Wildman–Crippen MR) is 126 cm³/mol. The Morgan fingerprint density at radius 2 is 1.45 bits per heavy atom. The maximum Gasteiger partial charge on any atom is 0.306 e. The van der Waals surface area contributed by atoms with Crippen LogP contribution in [0.25, 0.3) is 11.1 Å². The van der Waals surface area contributed by atoms with Gasteiger partial charge in [-0.3, -0.25) is 14.4 Å². The molecule has 6 heteroatoms. The summed E-state index contributed by atoms with van der Waals surface area (Å²) in [5.74, 6) is -0.507. The van der Waals surface area contributed by atoms with E-state index in [-0.39, 0.29) is 24.7 Å². The van der Waals surface area contributed by atoms with Crippen molar-refractivity contribution in [1.29, 1.82) is 0 Å². The molecule has 3 aromatic rings. The summed E-state index contributed by atoms with van der Waals surface area (Å²) >= 11 is 0. The topological polar surface area (TPSA) is 81.7 Å². The Bertz CT molecular complexity index is 1090. The first-order valence-electron chi connectivity index (χ1n) is 10.7. The van der Waals surface area contributed by atoms with Gasteiger partial charge in [-0.25, -0.2) is 0 Å². The molecule has 0 radical (unpaired) electrons. The lowest BCUT2D eigenvalue weighted by molar-refractivity contribution is -0.148. The lowest BCUT2D eigenvalue weighted by atomic mass is 10.0. The van der Waals surface area contributed by atoms with Crippen molar-refractivity contribution < 1.29 is 23.9 Å². The number of Topliss-reactive ketones (excluding diaryl/α,β-unsaturated/α-hetero) is 1. The van der Waals surface area contributed by atoms with Crippen LogP contribution in [0.3, 0.4) is 0 Å². The van der Waals surface area contributed by atoms with Gasteiger partial charge in [0.1, 0.15) is 5.75 Å². The van der Waals surface area contributed by atoms with Gasteiger partial charge in [-0.15, -0.1) is 0 Å². The number of carbonyl (C=O) groups is 3. The number of ketones is 1. The smallest absolute Gasteiger partial charge is 0.306 e. The number of carbonyl (C=O) groups excluding carboxylic acids is 3. The van der Waals surface area contributed by atoms with E-state index in [1.54, 1.807) is 19.2 Å². The zero-order valence-electron chi connectivity index (χ0n) is 18.7. The van der Waals surface area contributed by atoms with Crippen LogP contribution in [0.15, 0.2) is 78.9 Å². The quantitative estimate of drug-likeness (QED) is 0.360. The fraction of sp³-hybridized carbons (Fsp3) is 0.222. The minimum absolute atomic E-state index is 0.0166. The van der Waals surface area contributed by atoms with Crippen LogP contribution in [0, 0.1) is 0 Å². The summed E-state index contributed by atoms with van der Waals surface area (Å²) in [5.41, 5.74) is 3.44. The lowest BCUT2D eigenvalue weighted by Gasteiger charge is -2.17. The Labute approximate surface area is 193 Å². The second kappa shape index (κ2) is 11.6. The van der Waals surface area contributed by atoms with E-state index in [4.69, 9.17) is 9.47 Å². The van der Waals surface area contributed by atoms with Gasteiger partial charge < -0.3 is 14.8 Å². The standard InChI is InChI=1S/C27H27NO5/c1-19(23-10-6-7-11-25(23)32-2)28-26(30)18-33-27(31)17-16-24(29)22-14-12-21(13-15-22)20-8-4-3-5-9-20/h3-15,19H,16-18H2,1-2H3,(H,28,30). The van der Waals surface area contributed by atoms with Crippen molar-refractivity contribution in [2.24, 2.45) is 0 Å². The molecule has 0 spiro atoms. The number of benzene rings is 3. The fourth-order valence-electron chi connectivity index (χ4n) is 3.44. The van der Waals surface area contributed by atoms with Gasteiger partial charge >= 0.3 is 5.97 Å². The third kappa shape index (κ3) is 6.77. The van der Waals surface area contributed by atoms with Gasteiger partial charge in [0.05, 0.1) is 19.6 Å². The van der Waals surface area contributed by atoms with Crippen LogP contribution in [-0.4, -0.2) is 31.4 Å². The van der Waals surface area contributed by atoms with Gasteiger partial charge in [0.25, 0.3) is 5.91 Å². The molecule has 6 nitrogen and oxygen atoms in total. The molecule has 170 valence electrons. The van der Waals surface area contributed by atoms with E-state index in [0.717, 1.165) is 16.7 Å². The van der Waals surface area contributed by atoms with E-state index in [1.807, 2.05) is 73.7 Å². The van der Waals surface area contributed by atoms with Crippen LogP contribution in [0.5, 0.6) is 5.75 Å². The average Bonchev–Trinajstić information content (AvgIpc) is 2.86. The molecule has 0 heterocycles. The minimum atomic E-state index is -0.593. The number of ether oxygens (including phenoxy) is 2. The predicted octanol–water partition coefficient (Wildman–Crippen LogP) is 4.75. The van der Waals surface area contributed by atoms with Crippen LogP contribution in [-0.2, 0) is 14.3 Å². The number of methoxy groups -OCH3 is 1. The molecule has 0 saturated carbocycles. The zero-order chi connectivity index (χ0) is 23.6. The van der Waals surface area contributed by atoms with Crippen molar-refractivity contribution in [3.8, 4) is 16.9 Å². The monoisotopic (exact) mass is 445 g/mol. The summed E-state index contributed by atoms with van der Waals surface area (Å²) < 4.78 is 10.3. The second-order valence-electron chi connectivity index (χ2n) is 7.56. The number of hydrogen-bond donors (Lipinski definition) is 1. The van der Waals surface area contributed by atoms with Gasteiger partial charge in [-0.05, 0) is 24.1 Å². The molecule has 1 unspecified atom stereocenters. The van der Waals surface area contributed by atoms with Crippen molar-refractivity contribution in [1.82, 2.24) is 5.32 Å². The highest BCUT2D eigenvalue weighted by Crippen LogP contribution is 2.24. The van der Waals surface area contributed by atoms with E-state index < -0.39 is 18.5 Å². The Kier molecular flexibility index (Phi) is 8.36. The molecule has 1 N–H and O–H groups in total. The number of amides is 1. The molecule has 0 aromatic heterocycles. The van der Waals surface area contributed by atoms with Gasteiger partial charge in [0, 0.05) is 17.5 Å². The van der Waals surface area contributed by atoms with E-state index >= 15 is 0 Å². The van der Waals surface area contributed by atoms with Gasteiger partial charge in [-0.2, -0.15) is 0 Å². The first-order valence-corrected chi connectivity index (χ1v) is 10.7. The van der Waals surface area contributed by atoms with E-state index in [9.17, 15) is 14.4 Å². The maximum absolute atomic E-state index is 12.4. The number of nitrogens with one attached hydrogen (secondary N) is 1. The third-order valence-corrected chi connectivity index (χ3v) is 5.22. The molecule has 0 aliphatic rings. The summed E-state index contributed by atoms with van der Waals surface area (Å²) in [6.07, 6.45) is -0.0721. The summed E-state index contributed by atoms with van der Waals surface area (Å²) in [6.45, 7) is 1.41. The summed E-state index contributed by atoms with van der Waals surface area (Å²) in [5, 5.41) is 2.77. The number of rotatable bonds is 10. The summed E-state index contributed by atoms with van der Waals surface area (Å²) in [6, 6.07) is 24.2. The van der Waals surface area contributed by atoms with Crippen molar-refractivity contribution in [2.45, 2.75) is 25.8 Å². The number of esters is 1.